The maximum Gasteiger partial charge on any atom is 0.332 e. The monoisotopic (exact) mass is 359 g/mol. The predicted molar refractivity (Wildman–Crippen MR) is 88.7 cm³/mol. The molecule has 1 saturated heterocycles. The zero-order chi connectivity index (χ0) is 18.8. The Morgan fingerprint density at radius 3 is 2.50 bits per heavy atom. The summed E-state index contributed by atoms with van der Waals surface area (Å²) in [6.07, 6.45) is -0.331. The van der Waals surface area contributed by atoms with Gasteiger partial charge in [-0.3, -0.25) is 10.0 Å². The van der Waals surface area contributed by atoms with Gasteiger partial charge in [0.25, 0.3) is 5.91 Å². The number of phenolic OH excluding ortho intramolecular Hbond substituents is 2. The molecule has 0 radical (unpaired) electrons. The van der Waals surface area contributed by atoms with Crippen molar-refractivity contribution in [3.05, 3.63) is 58.8 Å². The highest BCUT2D eigenvalue weighted by molar-refractivity contribution is 6.00. The van der Waals surface area contributed by atoms with Gasteiger partial charge >= 0.3 is 5.97 Å². The van der Waals surface area contributed by atoms with Gasteiger partial charge in [-0.25, -0.2) is 4.79 Å². The van der Waals surface area contributed by atoms with E-state index in [-0.39, 0.29) is 22.9 Å². The Morgan fingerprint density at radius 1 is 1.19 bits per heavy atom. The molecule has 3 rings (SSSR count). The summed E-state index contributed by atoms with van der Waals surface area (Å²) in [6, 6.07) is 9.01. The van der Waals surface area contributed by atoms with E-state index < -0.39 is 35.5 Å². The van der Waals surface area contributed by atoms with Crippen LogP contribution in [0.1, 0.15) is 15.9 Å². The minimum absolute atomic E-state index is 0.0589. The van der Waals surface area contributed by atoms with Crippen molar-refractivity contribution in [2.45, 2.75) is 18.6 Å². The number of amides is 1. The van der Waals surface area contributed by atoms with Crippen molar-refractivity contribution in [2.24, 2.45) is 0 Å². The van der Waals surface area contributed by atoms with Crippen molar-refractivity contribution in [3.63, 3.8) is 0 Å². The molecule has 1 aliphatic rings. The van der Waals surface area contributed by atoms with Gasteiger partial charge < -0.3 is 30.7 Å². The molecule has 0 bridgehead atoms. The molecule has 9 heteroatoms. The maximum atomic E-state index is 12.2. The fraction of sp³-hybridized carbons (Fsp3) is 0.176. The molecular formula is C17H15N2O7-. The Balaban J connectivity index is 1.67. The largest absolute Gasteiger partial charge is 0.733 e. The van der Waals surface area contributed by atoms with E-state index in [0.717, 1.165) is 5.56 Å². The van der Waals surface area contributed by atoms with Crippen LogP contribution in [0.3, 0.4) is 0 Å². The number of esters is 1. The van der Waals surface area contributed by atoms with Gasteiger partial charge in [0.2, 0.25) is 0 Å². The number of rotatable bonds is 5. The number of carbonyl (C=O) groups excluding carboxylic acids is 2. The van der Waals surface area contributed by atoms with Crippen molar-refractivity contribution in [1.82, 2.24) is 5.32 Å². The summed E-state index contributed by atoms with van der Waals surface area (Å²) >= 11 is 0. The van der Waals surface area contributed by atoms with Crippen LogP contribution in [0.25, 0.3) is 0 Å². The third kappa shape index (κ3) is 3.39. The minimum atomic E-state index is -0.905. The molecule has 1 fully saturated rings. The predicted octanol–water partition coefficient (Wildman–Crippen LogP) is 1.06. The number of hydrogen-bond donors (Lipinski definition) is 4. The first-order valence-electron chi connectivity index (χ1n) is 7.64. The van der Waals surface area contributed by atoms with E-state index in [4.69, 9.17) is 9.94 Å². The van der Waals surface area contributed by atoms with Crippen LogP contribution in [0.2, 0.25) is 0 Å². The molecule has 2 aromatic rings. The van der Waals surface area contributed by atoms with Crippen LogP contribution in [0.15, 0.2) is 42.5 Å². The number of anilines is 1. The molecule has 2 aromatic carbocycles. The molecule has 0 spiro atoms. The lowest BCUT2D eigenvalue weighted by Crippen LogP contribution is -2.60. The first kappa shape index (κ1) is 17.5. The van der Waals surface area contributed by atoms with Crippen LogP contribution in [-0.4, -0.2) is 39.4 Å². The molecule has 136 valence electrons. The summed E-state index contributed by atoms with van der Waals surface area (Å²) in [6.45, 7) is 0. The Hall–Kier alpha value is -3.30. The van der Waals surface area contributed by atoms with Gasteiger partial charge in [0.1, 0.15) is 6.10 Å². The molecule has 1 aliphatic heterocycles. The SMILES string of the molecule is O=C(N[C@@H]1C(=O)O[C@@H]1Cc1ccc(N([O-])O)cc1)c1cccc(O)c1O. The third-order valence-corrected chi connectivity index (χ3v) is 4.03. The van der Waals surface area contributed by atoms with Crippen LogP contribution >= 0.6 is 0 Å². The summed E-state index contributed by atoms with van der Waals surface area (Å²) in [5, 5.41) is 41.0. The van der Waals surface area contributed by atoms with Crippen molar-refractivity contribution >= 4 is 17.6 Å². The lowest BCUT2D eigenvalue weighted by molar-refractivity contribution is -0.175. The number of carbonyl (C=O) groups is 2. The zero-order valence-electron chi connectivity index (χ0n) is 13.3. The lowest BCUT2D eigenvalue weighted by atomic mass is 9.97. The number of ether oxygens (including phenoxy) is 1. The van der Waals surface area contributed by atoms with Gasteiger partial charge in [-0.05, 0) is 29.8 Å². The smallest absolute Gasteiger partial charge is 0.332 e. The van der Waals surface area contributed by atoms with Crippen LogP contribution < -0.4 is 10.5 Å². The first-order chi connectivity index (χ1) is 12.4. The minimum Gasteiger partial charge on any atom is -0.733 e. The maximum absolute atomic E-state index is 12.2. The molecule has 9 nitrogen and oxygen atoms in total. The topological polar surface area (TPSA) is 142 Å². The molecule has 0 aliphatic carbocycles. The second-order valence-corrected chi connectivity index (χ2v) is 5.74. The van der Waals surface area contributed by atoms with Crippen LogP contribution in [0.4, 0.5) is 5.69 Å². The van der Waals surface area contributed by atoms with E-state index in [2.05, 4.69) is 5.32 Å². The second-order valence-electron chi connectivity index (χ2n) is 5.74. The van der Waals surface area contributed by atoms with E-state index in [0.29, 0.717) is 0 Å². The van der Waals surface area contributed by atoms with Crippen molar-refractivity contribution in [1.29, 1.82) is 0 Å². The van der Waals surface area contributed by atoms with Crippen molar-refractivity contribution < 1.29 is 29.7 Å². The number of nitrogens with zero attached hydrogens (tertiary/aromatic N) is 1. The fourth-order valence-electron chi connectivity index (χ4n) is 2.61. The zero-order valence-corrected chi connectivity index (χ0v) is 13.3. The lowest BCUT2D eigenvalue weighted by Gasteiger charge is -2.35. The standard InChI is InChI=1S/C17H15N2O7/c20-12-3-1-2-11(15(12)21)16(22)18-14-13(26-17(14)23)8-9-4-6-10(7-5-9)19(24)25/h1-7,13-14,20-21,24H,8H2,(H,18,22)/q-1/t13-,14+/m1/s1. The average Bonchev–Trinajstić information content (AvgIpc) is 2.62. The fourth-order valence-corrected chi connectivity index (χ4v) is 2.61. The highest BCUT2D eigenvalue weighted by Gasteiger charge is 2.43. The molecule has 0 saturated carbocycles. The van der Waals surface area contributed by atoms with Crippen molar-refractivity contribution in [2.75, 3.05) is 5.23 Å². The molecule has 1 amide bonds. The van der Waals surface area contributed by atoms with Gasteiger partial charge in [0, 0.05) is 6.42 Å². The summed E-state index contributed by atoms with van der Waals surface area (Å²) in [5.74, 6) is -2.35. The van der Waals surface area contributed by atoms with Crippen molar-refractivity contribution in [3.8, 4) is 11.5 Å². The van der Waals surface area contributed by atoms with Gasteiger partial charge in [0.15, 0.2) is 17.5 Å². The molecule has 26 heavy (non-hydrogen) atoms. The normalized spacial score (nSPS) is 18.6. The highest BCUT2D eigenvalue weighted by Crippen LogP contribution is 2.29. The van der Waals surface area contributed by atoms with E-state index in [1.54, 1.807) is 12.1 Å². The third-order valence-electron chi connectivity index (χ3n) is 4.03. The summed E-state index contributed by atoms with van der Waals surface area (Å²) in [5.41, 5.74) is 0.627. The number of para-hydroxylation sites is 1. The highest BCUT2D eigenvalue weighted by atomic mass is 16.8. The van der Waals surface area contributed by atoms with Gasteiger partial charge in [0.05, 0.1) is 11.3 Å². The molecule has 0 unspecified atom stereocenters. The van der Waals surface area contributed by atoms with Crippen LogP contribution in [0.5, 0.6) is 11.5 Å². The number of benzene rings is 2. The summed E-state index contributed by atoms with van der Waals surface area (Å²) in [7, 11) is 0. The second kappa shape index (κ2) is 6.90. The Bertz CT molecular complexity index is 836. The number of aromatic hydroxyl groups is 2. The van der Waals surface area contributed by atoms with E-state index in [9.17, 15) is 25.0 Å². The van der Waals surface area contributed by atoms with E-state index in [1.165, 1.54) is 30.3 Å². The number of nitrogens with one attached hydrogen (secondary N) is 1. The molecule has 1 heterocycles. The molecule has 4 N–H and O–H groups in total. The van der Waals surface area contributed by atoms with Gasteiger partial charge in [-0.2, -0.15) is 0 Å². The van der Waals surface area contributed by atoms with E-state index >= 15 is 0 Å². The van der Waals surface area contributed by atoms with Gasteiger partial charge in [-0.15, -0.1) is 0 Å². The molecule has 2 atom stereocenters. The first-order valence-corrected chi connectivity index (χ1v) is 7.64. The van der Waals surface area contributed by atoms with Gasteiger partial charge in [-0.1, -0.05) is 18.2 Å². The Kier molecular flexibility index (Phi) is 4.65. The number of cyclic esters (lactones) is 1. The summed E-state index contributed by atoms with van der Waals surface area (Å²) < 4.78 is 5.04. The number of hydrogen-bond acceptors (Lipinski definition) is 8. The molecular weight excluding hydrogens is 344 g/mol. The average molecular weight is 359 g/mol. The summed E-state index contributed by atoms with van der Waals surface area (Å²) in [4.78, 5) is 23.9. The van der Waals surface area contributed by atoms with E-state index in [1.807, 2.05) is 0 Å². The van der Waals surface area contributed by atoms with Crippen LogP contribution in [0, 0.1) is 5.21 Å². The van der Waals surface area contributed by atoms with Crippen LogP contribution in [-0.2, 0) is 16.0 Å². The Morgan fingerprint density at radius 2 is 1.88 bits per heavy atom. The number of phenols is 2. The molecule has 0 aromatic heterocycles. The Labute approximate surface area is 147 Å². The quantitative estimate of drug-likeness (QED) is 0.353.